The minimum atomic E-state index is -0.341. The average molecular weight is 367 g/mol. The molecule has 2 fully saturated rings. The Kier molecular flexibility index (Phi) is 7.58. The van der Waals surface area contributed by atoms with Gasteiger partial charge < -0.3 is 15.1 Å². The fourth-order valence-corrected chi connectivity index (χ4v) is 4.35. The Balaban J connectivity index is 1.86. The van der Waals surface area contributed by atoms with E-state index in [4.69, 9.17) is 0 Å². The monoisotopic (exact) mass is 366 g/mol. The maximum absolute atomic E-state index is 12.8. The van der Waals surface area contributed by atoms with Crippen molar-refractivity contribution in [2.75, 3.05) is 46.8 Å². The Bertz CT molecular complexity index is 521. The summed E-state index contributed by atoms with van der Waals surface area (Å²) in [5.74, 6) is 0.178. The van der Waals surface area contributed by atoms with E-state index >= 15 is 0 Å². The second-order valence-corrected chi connectivity index (χ2v) is 7.64. The molecule has 0 unspecified atom stereocenters. The first-order chi connectivity index (χ1) is 12.4. The molecule has 1 aliphatic heterocycles. The molecule has 2 aliphatic rings. The number of ketones is 1. The topological polar surface area (TPSA) is 73.0 Å². The Morgan fingerprint density at radius 1 is 1.27 bits per heavy atom. The van der Waals surface area contributed by atoms with Crippen molar-refractivity contribution in [3.8, 4) is 0 Å². The van der Waals surface area contributed by atoms with E-state index < -0.39 is 0 Å². The van der Waals surface area contributed by atoms with Gasteiger partial charge in [-0.2, -0.15) is 0 Å². The lowest BCUT2D eigenvalue weighted by atomic mass is 9.74. The first kappa shape index (κ1) is 20.8. The molecule has 2 rings (SSSR count). The summed E-state index contributed by atoms with van der Waals surface area (Å²) in [5.41, 5.74) is 0. The van der Waals surface area contributed by atoms with Crippen LogP contribution in [-0.4, -0.2) is 85.3 Å². The molecule has 3 atom stereocenters. The zero-order valence-corrected chi connectivity index (χ0v) is 16.7. The van der Waals surface area contributed by atoms with Gasteiger partial charge in [0.1, 0.15) is 5.78 Å². The number of carbonyl (C=O) groups excluding carboxylic acids is 3. The summed E-state index contributed by atoms with van der Waals surface area (Å²) >= 11 is 0. The lowest BCUT2D eigenvalue weighted by Gasteiger charge is -2.45. The van der Waals surface area contributed by atoms with E-state index in [-0.39, 0.29) is 23.8 Å². The fraction of sp³-hybridized carbons (Fsp3) is 0.842. The van der Waals surface area contributed by atoms with Crippen molar-refractivity contribution in [1.29, 1.82) is 0 Å². The van der Waals surface area contributed by atoms with Crippen LogP contribution in [0.4, 0.5) is 4.79 Å². The van der Waals surface area contributed by atoms with Crippen LogP contribution in [0.2, 0.25) is 0 Å². The molecule has 0 bridgehead atoms. The maximum atomic E-state index is 12.8. The van der Waals surface area contributed by atoms with Crippen LogP contribution in [0.3, 0.4) is 0 Å². The molecular formula is C19H34N4O3. The number of piperidine rings is 1. The van der Waals surface area contributed by atoms with E-state index in [2.05, 4.69) is 29.0 Å². The number of hydrogen-bond acceptors (Lipinski definition) is 5. The third-order valence-corrected chi connectivity index (χ3v) is 6.00. The minimum absolute atomic E-state index is 0.145. The highest BCUT2D eigenvalue weighted by molar-refractivity contribution is 5.95. The highest BCUT2D eigenvalue weighted by Crippen LogP contribution is 2.36. The second-order valence-electron chi connectivity index (χ2n) is 7.64. The number of likely N-dealkylation sites (tertiary alicyclic amines) is 1. The lowest BCUT2D eigenvalue weighted by molar-refractivity contribution is -0.137. The summed E-state index contributed by atoms with van der Waals surface area (Å²) in [6.07, 6.45) is 2.82. The lowest BCUT2D eigenvalue weighted by Crippen LogP contribution is -2.54. The number of rotatable bonds is 6. The molecule has 1 saturated heterocycles. The number of amides is 3. The molecule has 0 aromatic carbocycles. The van der Waals surface area contributed by atoms with Crippen molar-refractivity contribution in [2.24, 2.45) is 11.8 Å². The predicted molar refractivity (Wildman–Crippen MR) is 101 cm³/mol. The Hall–Kier alpha value is -1.47. The Morgan fingerprint density at radius 2 is 1.96 bits per heavy atom. The zero-order chi connectivity index (χ0) is 19.3. The number of carbonyl (C=O) groups is 3. The van der Waals surface area contributed by atoms with Crippen LogP contribution < -0.4 is 5.32 Å². The number of fused-ring (bicyclic) bond motifs is 1. The highest BCUT2D eigenvalue weighted by atomic mass is 16.2. The van der Waals surface area contributed by atoms with Crippen molar-refractivity contribution in [3.05, 3.63) is 0 Å². The van der Waals surface area contributed by atoms with Crippen LogP contribution in [0.15, 0.2) is 0 Å². The maximum Gasteiger partial charge on any atom is 0.323 e. The summed E-state index contributed by atoms with van der Waals surface area (Å²) < 4.78 is 0. The standard InChI is InChI=1S/C19H34N4O3/c1-5-23(6-2)10-9-20-19(26)22(4)18(25)15-11-14-12-16(24)7-8-17(14)21(3)13-15/h14-15,17H,5-13H2,1-4H3,(H,20,26)/t14-,15-,17-/m1/s1. The first-order valence-electron chi connectivity index (χ1n) is 9.87. The van der Waals surface area contributed by atoms with Gasteiger partial charge in [-0.15, -0.1) is 0 Å². The molecule has 3 amide bonds. The van der Waals surface area contributed by atoms with Gasteiger partial charge in [0, 0.05) is 45.6 Å². The number of imide groups is 1. The smallest absolute Gasteiger partial charge is 0.323 e. The molecule has 1 saturated carbocycles. The fourth-order valence-electron chi connectivity index (χ4n) is 4.35. The van der Waals surface area contributed by atoms with Gasteiger partial charge in [-0.05, 0) is 38.9 Å². The van der Waals surface area contributed by atoms with Crippen molar-refractivity contribution < 1.29 is 14.4 Å². The van der Waals surface area contributed by atoms with Crippen LogP contribution in [0.1, 0.15) is 39.5 Å². The summed E-state index contributed by atoms with van der Waals surface area (Å²) in [6, 6.07) is 0.0524. The van der Waals surface area contributed by atoms with Gasteiger partial charge >= 0.3 is 6.03 Å². The number of urea groups is 1. The molecule has 7 heteroatoms. The van der Waals surface area contributed by atoms with E-state index in [1.54, 1.807) is 7.05 Å². The van der Waals surface area contributed by atoms with Gasteiger partial charge in [-0.1, -0.05) is 13.8 Å². The van der Waals surface area contributed by atoms with E-state index in [0.717, 1.165) is 26.1 Å². The van der Waals surface area contributed by atoms with E-state index in [1.165, 1.54) is 4.90 Å². The summed E-state index contributed by atoms with van der Waals surface area (Å²) in [6.45, 7) is 8.02. The normalized spacial score (nSPS) is 26.5. The summed E-state index contributed by atoms with van der Waals surface area (Å²) in [4.78, 5) is 42.5. The van der Waals surface area contributed by atoms with Crippen LogP contribution in [-0.2, 0) is 9.59 Å². The van der Waals surface area contributed by atoms with Crippen molar-refractivity contribution in [2.45, 2.75) is 45.6 Å². The van der Waals surface area contributed by atoms with Crippen molar-refractivity contribution >= 4 is 17.7 Å². The molecule has 0 aromatic rings. The van der Waals surface area contributed by atoms with Gasteiger partial charge in [0.05, 0.1) is 5.92 Å². The average Bonchev–Trinajstić information content (AvgIpc) is 2.63. The van der Waals surface area contributed by atoms with Crippen LogP contribution in [0.5, 0.6) is 0 Å². The molecule has 7 nitrogen and oxygen atoms in total. The zero-order valence-electron chi connectivity index (χ0n) is 16.7. The molecule has 1 N–H and O–H groups in total. The highest BCUT2D eigenvalue weighted by Gasteiger charge is 2.41. The Morgan fingerprint density at radius 3 is 2.62 bits per heavy atom. The largest absolute Gasteiger partial charge is 0.336 e. The van der Waals surface area contributed by atoms with Gasteiger partial charge in [-0.25, -0.2) is 4.79 Å². The third kappa shape index (κ3) is 5.04. The molecule has 0 aromatic heterocycles. The van der Waals surface area contributed by atoms with Crippen LogP contribution in [0.25, 0.3) is 0 Å². The van der Waals surface area contributed by atoms with E-state index in [0.29, 0.717) is 44.2 Å². The van der Waals surface area contributed by atoms with Gasteiger partial charge in [-0.3, -0.25) is 14.5 Å². The third-order valence-electron chi connectivity index (χ3n) is 6.00. The summed E-state index contributed by atoms with van der Waals surface area (Å²) in [5, 5.41) is 2.83. The number of nitrogens with zero attached hydrogens (tertiary/aromatic N) is 3. The molecule has 1 aliphatic carbocycles. The second kappa shape index (κ2) is 9.46. The van der Waals surface area contributed by atoms with Crippen LogP contribution in [0, 0.1) is 11.8 Å². The number of likely N-dealkylation sites (N-methyl/N-ethyl adjacent to an activating group) is 1. The van der Waals surface area contributed by atoms with Gasteiger partial charge in [0.2, 0.25) is 5.91 Å². The molecule has 148 valence electrons. The van der Waals surface area contributed by atoms with Gasteiger partial charge in [0.15, 0.2) is 0 Å². The molecule has 0 radical (unpaired) electrons. The number of Topliss-reactive ketones (excluding diaryl/α,β-unsaturated/α-hetero) is 1. The molecule has 0 spiro atoms. The van der Waals surface area contributed by atoms with Crippen molar-refractivity contribution in [1.82, 2.24) is 20.0 Å². The van der Waals surface area contributed by atoms with Gasteiger partial charge in [0.25, 0.3) is 0 Å². The van der Waals surface area contributed by atoms with E-state index in [9.17, 15) is 14.4 Å². The SMILES string of the molecule is CCN(CC)CCNC(=O)N(C)C(=O)[C@@H]1C[C@@H]2CC(=O)CC[C@H]2N(C)C1. The summed E-state index contributed by atoms with van der Waals surface area (Å²) in [7, 11) is 3.57. The molecule has 26 heavy (non-hydrogen) atoms. The molecule has 1 heterocycles. The quantitative estimate of drug-likeness (QED) is 0.764. The minimum Gasteiger partial charge on any atom is -0.336 e. The predicted octanol–water partition coefficient (Wildman–Crippen LogP) is 1.19. The first-order valence-corrected chi connectivity index (χ1v) is 9.87. The van der Waals surface area contributed by atoms with Crippen LogP contribution >= 0.6 is 0 Å². The number of nitrogens with one attached hydrogen (secondary N) is 1. The van der Waals surface area contributed by atoms with E-state index in [1.807, 2.05) is 7.05 Å². The van der Waals surface area contributed by atoms with Crippen molar-refractivity contribution in [3.63, 3.8) is 0 Å². The Labute approximate surface area is 157 Å². The number of hydrogen-bond donors (Lipinski definition) is 1. The molecular weight excluding hydrogens is 332 g/mol.